The topological polar surface area (TPSA) is 60.0 Å². The number of nitrogens with zero attached hydrogens (tertiary/aromatic N) is 1. The Morgan fingerprint density at radius 1 is 1.12 bits per heavy atom. The molecule has 1 heterocycles. The molecule has 1 fully saturated rings. The van der Waals surface area contributed by atoms with Crippen molar-refractivity contribution >= 4 is 29.3 Å². The summed E-state index contributed by atoms with van der Waals surface area (Å²) in [5.41, 5.74) is 1.94. The van der Waals surface area contributed by atoms with Crippen molar-refractivity contribution in [3.05, 3.63) is 53.1 Å². The predicted molar refractivity (Wildman–Crippen MR) is 129 cm³/mol. The zero-order chi connectivity index (χ0) is 23.1. The van der Waals surface area contributed by atoms with Crippen LogP contribution in [0.2, 0.25) is 5.02 Å². The van der Waals surface area contributed by atoms with Crippen LogP contribution in [-0.4, -0.2) is 45.4 Å². The average Bonchev–Trinajstić information content (AvgIpc) is 2.79. The fraction of sp³-hybridized carbons (Fsp3) is 0.400. The maximum atomic E-state index is 12.4. The Kier molecular flexibility index (Phi) is 8.28. The van der Waals surface area contributed by atoms with E-state index in [1.165, 1.54) is 11.8 Å². The van der Waals surface area contributed by atoms with Crippen LogP contribution in [-0.2, 0) is 4.79 Å². The van der Waals surface area contributed by atoms with Gasteiger partial charge in [-0.2, -0.15) is 0 Å². The van der Waals surface area contributed by atoms with E-state index < -0.39 is 0 Å². The van der Waals surface area contributed by atoms with Gasteiger partial charge in [-0.1, -0.05) is 11.6 Å². The molecular formula is C25H31ClN2O4. The molecular weight excluding hydrogens is 428 g/mol. The summed E-state index contributed by atoms with van der Waals surface area (Å²) in [6.07, 6.45) is 5.03. The first-order valence-corrected chi connectivity index (χ1v) is 11.2. The summed E-state index contributed by atoms with van der Waals surface area (Å²) in [6.45, 7) is 5.64. The largest absolute Gasteiger partial charge is 0.497 e. The number of anilines is 1. The molecule has 6 nitrogen and oxygen atoms in total. The van der Waals surface area contributed by atoms with Gasteiger partial charge in [0.05, 0.1) is 25.3 Å². The zero-order valence-corrected chi connectivity index (χ0v) is 19.8. The lowest BCUT2D eigenvalue weighted by molar-refractivity contribution is -0.117. The second-order valence-electron chi connectivity index (χ2n) is 8.00. The highest BCUT2D eigenvalue weighted by atomic mass is 35.5. The van der Waals surface area contributed by atoms with Crippen LogP contribution in [0.3, 0.4) is 0 Å². The molecule has 0 atom stereocenters. The number of carbonyl (C=O) groups excluding carboxylic acids is 1. The molecule has 2 aromatic rings. The number of benzene rings is 2. The van der Waals surface area contributed by atoms with Crippen molar-refractivity contribution < 1.29 is 19.0 Å². The van der Waals surface area contributed by atoms with Crippen LogP contribution in [0.15, 0.2) is 42.5 Å². The van der Waals surface area contributed by atoms with Crippen LogP contribution in [0.1, 0.15) is 32.3 Å². The van der Waals surface area contributed by atoms with E-state index >= 15 is 0 Å². The lowest BCUT2D eigenvalue weighted by atomic mass is 10.0. The summed E-state index contributed by atoms with van der Waals surface area (Å²) >= 11 is 6.36. The van der Waals surface area contributed by atoms with Crippen molar-refractivity contribution in [2.24, 2.45) is 0 Å². The first kappa shape index (κ1) is 23.8. The monoisotopic (exact) mass is 458 g/mol. The SMILES string of the molecule is COc1ccc(N2CCC(NC(=O)/C=C/c3cc(Cl)c(OC(C)C)c(OC)c3)CC2)cc1. The molecule has 32 heavy (non-hydrogen) atoms. The highest BCUT2D eigenvalue weighted by Gasteiger charge is 2.20. The van der Waals surface area contributed by atoms with Crippen molar-refractivity contribution in [2.75, 3.05) is 32.2 Å². The number of carbonyl (C=O) groups is 1. The summed E-state index contributed by atoms with van der Waals surface area (Å²) in [4.78, 5) is 14.8. The molecule has 0 radical (unpaired) electrons. The summed E-state index contributed by atoms with van der Waals surface area (Å²) in [7, 11) is 3.23. The predicted octanol–water partition coefficient (Wildman–Crippen LogP) is 4.94. The van der Waals surface area contributed by atoms with Crippen molar-refractivity contribution in [1.82, 2.24) is 5.32 Å². The Bertz CT molecular complexity index is 936. The van der Waals surface area contributed by atoms with Gasteiger partial charge in [-0.25, -0.2) is 0 Å². The van der Waals surface area contributed by atoms with Crippen molar-refractivity contribution in [3.8, 4) is 17.2 Å². The molecule has 3 rings (SSSR count). The molecule has 0 aromatic heterocycles. The quantitative estimate of drug-likeness (QED) is 0.567. The van der Waals surface area contributed by atoms with Crippen LogP contribution in [0.5, 0.6) is 17.2 Å². The summed E-state index contributed by atoms with van der Waals surface area (Å²) in [5, 5.41) is 3.55. The summed E-state index contributed by atoms with van der Waals surface area (Å²) < 4.78 is 16.3. The Labute approximate surface area is 195 Å². The van der Waals surface area contributed by atoms with Crippen molar-refractivity contribution in [3.63, 3.8) is 0 Å². The molecule has 1 N–H and O–H groups in total. The van der Waals surface area contributed by atoms with Gasteiger partial charge < -0.3 is 24.4 Å². The van der Waals surface area contributed by atoms with Gasteiger partial charge in [0.2, 0.25) is 5.91 Å². The van der Waals surface area contributed by atoms with E-state index in [2.05, 4.69) is 22.3 Å². The molecule has 0 bridgehead atoms. The third kappa shape index (κ3) is 6.33. The maximum Gasteiger partial charge on any atom is 0.244 e. The Hall–Kier alpha value is -2.86. The van der Waals surface area contributed by atoms with E-state index in [4.69, 9.17) is 25.8 Å². The number of methoxy groups -OCH3 is 2. The van der Waals surface area contributed by atoms with E-state index in [1.807, 2.05) is 26.0 Å². The van der Waals surface area contributed by atoms with E-state index in [0.717, 1.165) is 37.2 Å². The van der Waals surface area contributed by atoms with E-state index in [1.54, 1.807) is 32.4 Å². The number of piperidine rings is 1. The highest BCUT2D eigenvalue weighted by molar-refractivity contribution is 6.32. The van der Waals surface area contributed by atoms with Gasteiger partial charge >= 0.3 is 0 Å². The Morgan fingerprint density at radius 3 is 2.41 bits per heavy atom. The zero-order valence-electron chi connectivity index (χ0n) is 19.1. The number of hydrogen-bond donors (Lipinski definition) is 1. The molecule has 0 saturated carbocycles. The molecule has 0 aliphatic carbocycles. The molecule has 0 spiro atoms. The minimum Gasteiger partial charge on any atom is -0.497 e. The number of ether oxygens (including phenoxy) is 3. The second-order valence-corrected chi connectivity index (χ2v) is 8.41. The third-order valence-corrected chi connectivity index (χ3v) is 5.59. The van der Waals surface area contributed by atoms with Crippen LogP contribution in [0.4, 0.5) is 5.69 Å². The van der Waals surface area contributed by atoms with Gasteiger partial charge in [-0.05, 0) is 74.7 Å². The second kappa shape index (κ2) is 11.1. The lowest BCUT2D eigenvalue weighted by Gasteiger charge is -2.33. The van der Waals surface area contributed by atoms with Gasteiger partial charge in [0.15, 0.2) is 11.5 Å². The van der Waals surface area contributed by atoms with Gasteiger partial charge in [0.25, 0.3) is 0 Å². The first-order chi connectivity index (χ1) is 15.4. The number of nitrogens with one attached hydrogen (secondary N) is 1. The first-order valence-electron chi connectivity index (χ1n) is 10.8. The Morgan fingerprint density at radius 2 is 1.81 bits per heavy atom. The highest BCUT2D eigenvalue weighted by Crippen LogP contribution is 2.37. The normalized spacial score (nSPS) is 14.6. The number of hydrogen-bond acceptors (Lipinski definition) is 5. The van der Waals surface area contributed by atoms with Gasteiger partial charge in [-0.15, -0.1) is 0 Å². The smallest absolute Gasteiger partial charge is 0.244 e. The minimum atomic E-state index is -0.120. The van der Waals surface area contributed by atoms with E-state index in [0.29, 0.717) is 16.5 Å². The number of amides is 1. The molecule has 172 valence electrons. The average molecular weight is 459 g/mol. The molecule has 1 saturated heterocycles. The number of rotatable bonds is 8. The van der Waals surface area contributed by atoms with Gasteiger partial charge in [0.1, 0.15) is 5.75 Å². The van der Waals surface area contributed by atoms with Crippen molar-refractivity contribution in [1.29, 1.82) is 0 Å². The van der Waals surface area contributed by atoms with Gasteiger partial charge in [0, 0.05) is 30.9 Å². The molecule has 1 amide bonds. The van der Waals surface area contributed by atoms with Crippen LogP contribution >= 0.6 is 11.6 Å². The van der Waals surface area contributed by atoms with E-state index in [-0.39, 0.29) is 18.1 Å². The number of halogens is 1. The Balaban J connectivity index is 1.54. The van der Waals surface area contributed by atoms with Crippen LogP contribution < -0.4 is 24.4 Å². The molecule has 2 aromatic carbocycles. The fourth-order valence-corrected chi connectivity index (χ4v) is 3.95. The summed E-state index contributed by atoms with van der Waals surface area (Å²) in [5.74, 6) is 1.78. The minimum absolute atomic E-state index is 0.0234. The lowest BCUT2D eigenvalue weighted by Crippen LogP contribution is -2.44. The standard InChI is InChI=1S/C25H31ClN2O4/c1-17(2)32-25-22(26)15-18(16-23(25)31-4)5-10-24(29)27-19-11-13-28(14-12-19)20-6-8-21(30-3)9-7-20/h5-10,15-17,19H,11-14H2,1-4H3,(H,27,29)/b10-5+. The van der Waals surface area contributed by atoms with Crippen LogP contribution in [0.25, 0.3) is 6.08 Å². The van der Waals surface area contributed by atoms with Gasteiger partial charge in [-0.3, -0.25) is 4.79 Å². The molecule has 1 aliphatic rings. The molecule has 7 heteroatoms. The maximum absolute atomic E-state index is 12.4. The van der Waals surface area contributed by atoms with E-state index in [9.17, 15) is 4.79 Å². The molecule has 1 aliphatic heterocycles. The third-order valence-electron chi connectivity index (χ3n) is 5.31. The summed E-state index contributed by atoms with van der Waals surface area (Å²) in [6, 6.07) is 11.8. The fourth-order valence-electron chi connectivity index (χ4n) is 3.68. The van der Waals surface area contributed by atoms with Crippen LogP contribution in [0, 0.1) is 0 Å². The van der Waals surface area contributed by atoms with Crippen molar-refractivity contribution in [2.45, 2.75) is 38.8 Å². The molecule has 0 unspecified atom stereocenters.